The minimum Gasteiger partial charge on any atom is -0.390 e. The number of carbonyl (C=O) groups excluding carboxylic acids is 1. The lowest BCUT2D eigenvalue weighted by molar-refractivity contribution is -0.132. The van der Waals surface area contributed by atoms with Crippen molar-refractivity contribution in [2.75, 3.05) is 32.1 Å². The Morgan fingerprint density at radius 1 is 1.43 bits per heavy atom. The summed E-state index contributed by atoms with van der Waals surface area (Å²) < 4.78 is 7.24. The molecule has 1 saturated heterocycles. The Bertz CT molecular complexity index is 636. The lowest BCUT2D eigenvalue weighted by atomic mass is 10.4. The summed E-state index contributed by atoms with van der Waals surface area (Å²) in [6.45, 7) is 3.14. The van der Waals surface area contributed by atoms with E-state index in [0.717, 1.165) is 10.9 Å². The Kier molecular flexibility index (Phi) is 5.71. The molecule has 0 radical (unpaired) electrons. The highest BCUT2D eigenvalue weighted by molar-refractivity contribution is 7.99. The van der Waals surface area contributed by atoms with Gasteiger partial charge in [-0.2, -0.15) is 0 Å². The first-order valence-corrected chi connectivity index (χ1v) is 9.30. The fourth-order valence-electron chi connectivity index (χ4n) is 2.39. The molecule has 1 aliphatic rings. The molecular weight excluding hydrogens is 334 g/mol. The quantitative estimate of drug-likeness (QED) is 0.796. The van der Waals surface area contributed by atoms with Crippen molar-refractivity contribution in [3.05, 3.63) is 34.3 Å². The molecule has 1 amide bonds. The Balaban J connectivity index is 1.65. The highest BCUT2D eigenvalue weighted by Crippen LogP contribution is 2.22. The van der Waals surface area contributed by atoms with Crippen molar-refractivity contribution >= 4 is 29.0 Å². The van der Waals surface area contributed by atoms with E-state index in [2.05, 4.69) is 11.1 Å². The van der Waals surface area contributed by atoms with Crippen molar-refractivity contribution in [2.45, 2.75) is 18.3 Å². The Morgan fingerprint density at radius 2 is 2.26 bits per heavy atom. The highest BCUT2D eigenvalue weighted by atomic mass is 32.2. The van der Waals surface area contributed by atoms with E-state index in [1.165, 1.54) is 16.6 Å². The van der Waals surface area contributed by atoms with Gasteiger partial charge in [-0.15, -0.1) is 11.3 Å². The molecule has 8 heteroatoms. The van der Waals surface area contributed by atoms with E-state index in [9.17, 15) is 9.90 Å². The zero-order valence-electron chi connectivity index (χ0n) is 12.7. The van der Waals surface area contributed by atoms with Crippen LogP contribution in [-0.4, -0.2) is 57.5 Å². The number of aromatic nitrogens is 2. The van der Waals surface area contributed by atoms with Gasteiger partial charge >= 0.3 is 0 Å². The van der Waals surface area contributed by atoms with Crippen molar-refractivity contribution in [1.82, 2.24) is 14.5 Å². The molecule has 3 rings (SSSR count). The van der Waals surface area contributed by atoms with Gasteiger partial charge < -0.3 is 19.3 Å². The molecule has 23 heavy (non-hydrogen) atoms. The summed E-state index contributed by atoms with van der Waals surface area (Å²) in [6.07, 6.45) is 1.68. The second-order valence-corrected chi connectivity index (χ2v) is 7.11. The van der Waals surface area contributed by atoms with Crippen LogP contribution in [0.3, 0.4) is 0 Å². The molecule has 0 spiro atoms. The van der Waals surface area contributed by atoms with Crippen LogP contribution in [0.1, 0.15) is 10.6 Å². The molecular formula is C15H19N3O3S2. The highest BCUT2D eigenvalue weighted by Gasteiger charge is 2.18. The number of carbonyl (C=O) groups is 1. The molecule has 0 bridgehead atoms. The third-order valence-electron chi connectivity index (χ3n) is 3.65. The average Bonchev–Trinajstić information content (AvgIpc) is 3.24. The summed E-state index contributed by atoms with van der Waals surface area (Å²) in [4.78, 5) is 19.6. The van der Waals surface area contributed by atoms with Crippen molar-refractivity contribution in [2.24, 2.45) is 0 Å². The van der Waals surface area contributed by atoms with Gasteiger partial charge in [0.05, 0.1) is 44.0 Å². The van der Waals surface area contributed by atoms with E-state index in [4.69, 9.17) is 4.74 Å². The maximum absolute atomic E-state index is 12.2. The second-order valence-electron chi connectivity index (χ2n) is 5.14. The van der Waals surface area contributed by atoms with Crippen LogP contribution in [0.15, 0.2) is 28.9 Å². The maximum atomic E-state index is 12.2. The van der Waals surface area contributed by atoms with Gasteiger partial charge in [0, 0.05) is 18.0 Å². The minimum atomic E-state index is -0.0592. The van der Waals surface area contributed by atoms with Crippen LogP contribution in [0, 0.1) is 0 Å². The normalized spacial score (nSPS) is 15.1. The number of rotatable bonds is 6. The van der Waals surface area contributed by atoms with Gasteiger partial charge in [0.2, 0.25) is 5.91 Å². The first-order valence-electron chi connectivity index (χ1n) is 7.44. The first kappa shape index (κ1) is 16.5. The van der Waals surface area contributed by atoms with Crippen molar-refractivity contribution < 1.29 is 14.6 Å². The number of thioether (sulfide) groups is 1. The number of ether oxygens (including phenoxy) is 1. The van der Waals surface area contributed by atoms with Crippen LogP contribution < -0.4 is 0 Å². The van der Waals surface area contributed by atoms with Gasteiger partial charge in [0.25, 0.3) is 0 Å². The molecule has 1 fully saturated rings. The number of nitrogens with zero attached hydrogens (tertiary/aromatic N) is 3. The predicted octanol–water partition coefficient (Wildman–Crippen LogP) is 1.44. The van der Waals surface area contributed by atoms with Gasteiger partial charge in [0.1, 0.15) is 0 Å². The molecule has 1 aliphatic heterocycles. The molecule has 1 N–H and O–H groups in total. The zero-order chi connectivity index (χ0) is 16.1. The SMILES string of the molecule is O=C(CSc1ncc(CO)n1Cc1cccs1)N1CCOCC1. The van der Waals surface area contributed by atoms with Crippen molar-refractivity contribution in [1.29, 1.82) is 0 Å². The fourth-order valence-corrected chi connectivity index (χ4v) is 3.98. The summed E-state index contributed by atoms with van der Waals surface area (Å²) in [7, 11) is 0. The van der Waals surface area contributed by atoms with E-state index in [-0.39, 0.29) is 12.5 Å². The van der Waals surface area contributed by atoms with Crippen LogP contribution in [0.4, 0.5) is 0 Å². The number of hydrogen-bond donors (Lipinski definition) is 1. The third-order valence-corrected chi connectivity index (χ3v) is 5.48. The summed E-state index contributed by atoms with van der Waals surface area (Å²) in [5, 5.41) is 12.3. The minimum absolute atomic E-state index is 0.0592. The number of morpholine rings is 1. The van der Waals surface area contributed by atoms with E-state index >= 15 is 0 Å². The Labute approximate surface area is 143 Å². The lowest BCUT2D eigenvalue weighted by Crippen LogP contribution is -2.41. The van der Waals surface area contributed by atoms with Gasteiger partial charge in [-0.3, -0.25) is 4.79 Å². The van der Waals surface area contributed by atoms with Crippen LogP contribution in [-0.2, 0) is 22.7 Å². The number of amides is 1. The number of aliphatic hydroxyl groups excluding tert-OH is 1. The van der Waals surface area contributed by atoms with E-state index < -0.39 is 0 Å². The molecule has 0 atom stereocenters. The van der Waals surface area contributed by atoms with Gasteiger partial charge in [-0.05, 0) is 11.4 Å². The smallest absolute Gasteiger partial charge is 0.233 e. The Hall–Kier alpha value is -1.35. The van der Waals surface area contributed by atoms with Crippen LogP contribution in [0.2, 0.25) is 0 Å². The average molecular weight is 353 g/mol. The van der Waals surface area contributed by atoms with E-state index in [1.54, 1.807) is 17.5 Å². The summed E-state index contributed by atoms with van der Waals surface area (Å²) in [6, 6.07) is 4.06. The monoisotopic (exact) mass is 353 g/mol. The van der Waals surface area contributed by atoms with Crippen LogP contribution >= 0.6 is 23.1 Å². The number of aliphatic hydroxyl groups is 1. The lowest BCUT2D eigenvalue weighted by Gasteiger charge is -2.26. The summed E-state index contributed by atoms with van der Waals surface area (Å²) in [5.41, 5.74) is 0.764. The predicted molar refractivity (Wildman–Crippen MR) is 89.7 cm³/mol. The first-order chi connectivity index (χ1) is 11.3. The second kappa shape index (κ2) is 7.96. The summed E-state index contributed by atoms with van der Waals surface area (Å²) in [5.74, 6) is 0.460. The van der Waals surface area contributed by atoms with Gasteiger partial charge in [-0.1, -0.05) is 17.8 Å². The number of imidazole rings is 1. The van der Waals surface area contributed by atoms with Crippen molar-refractivity contribution in [3.8, 4) is 0 Å². The third kappa shape index (κ3) is 4.14. The maximum Gasteiger partial charge on any atom is 0.233 e. The molecule has 3 heterocycles. The fraction of sp³-hybridized carbons (Fsp3) is 0.467. The standard InChI is InChI=1S/C15H19N3O3S2/c19-10-12-8-16-15(18(12)9-13-2-1-7-22-13)23-11-14(20)17-3-5-21-6-4-17/h1-2,7-8,19H,3-6,9-11H2. The van der Waals surface area contributed by atoms with Crippen LogP contribution in [0.5, 0.6) is 0 Å². The van der Waals surface area contributed by atoms with Crippen LogP contribution in [0.25, 0.3) is 0 Å². The van der Waals surface area contributed by atoms with Crippen molar-refractivity contribution in [3.63, 3.8) is 0 Å². The molecule has 0 aromatic carbocycles. The zero-order valence-corrected chi connectivity index (χ0v) is 14.3. The Morgan fingerprint density at radius 3 is 2.96 bits per heavy atom. The molecule has 2 aromatic heterocycles. The summed E-state index contributed by atoms with van der Waals surface area (Å²) >= 11 is 3.09. The van der Waals surface area contributed by atoms with E-state index in [0.29, 0.717) is 38.6 Å². The molecule has 0 unspecified atom stereocenters. The molecule has 124 valence electrons. The largest absolute Gasteiger partial charge is 0.390 e. The number of thiophene rings is 1. The van der Waals surface area contributed by atoms with E-state index in [1.807, 2.05) is 20.9 Å². The molecule has 0 saturated carbocycles. The molecule has 6 nitrogen and oxygen atoms in total. The molecule has 0 aliphatic carbocycles. The number of hydrogen-bond acceptors (Lipinski definition) is 6. The molecule has 2 aromatic rings. The topological polar surface area (TPSA) is 67.6 Å². The van der Waals surface area contributed by atoms with Gasteiger partial charge in [0.15, 0.2) is 5.16 Å². The van der Waals surface area contributed by atoms with Gasteiger partial charge in [-0.25, -0.2) is 4.98 Å².